The number of amides is 1. The first-order valence-corrected chi connectivity index (χ1v) is 24.6. The normalized spacial score (nSPS) is 17.5. The van der Waals surface area contributed by atoms with Gasteiger partial charge in [0.25, 0.3) is 0 Å². The van der Waals surface area contributed by atoms with E-state index in [1.807, 2.05) is 60.1 Å². The van der Waals surface area contributed by atoms with Gasteiger partial charge in [0.2, 0.25) is 23.0 Å². The maximum absolute atomic E-state index is 12.0. The van der Waals surface area contributed by atoms with Gasteiger partial charge in [-0.1, -0.05) is 13.8 Å². The van der Waals surface area contributed by atoms with Gasteiger partial charge in [0.05, 0.1) is 70.6 Å². The molecule has 0 aromatic carbocycles. The van der Waals surface area contributed by atoms with Gasteiger partial charge >= 0.3 is 0 Å². The lowest BCUT2D eigenvalue weighted by Gasteiger charge is -2.34. The standard InChI is InChI=1S/C22H29N7O2S.C19H25N7OS.C3H5ClO/c1-3-18(30)28-6-4-27(5-7-28)14-17-15-32-21-19(16-12-23-26(2)13-16)24-22(25-20(17)21)29-8-10-31-11-9-29;1-24-11-14(10-21-24)16-18-17(23-19(22-16)26-6-8-27-9-7-26)15(13-28-18)12-25-4-2-20-3-5-25;1-2-3(4)5/h12-13,15H,3-11,14H2,1-2H3;10-11,13,20H,2-9,12H2,1H3;2H2,1H3. The van der Waals surface area contributed by atoms with E-state index >= 15 is 0 Å². The molecule has 1 amide bonds. The van der Waals surface area contributed by atoms with E-state index in [1.165, 1.54) is 11.1 Å². The Morgan fingerprint density at radius 2 is 1.09 bits per heavy atom. The molecule has 0 aliphatic carbocycles. The fraction of sp³-hybridized carbons (Fsp3) is 0.545. The highest BCUT2D eigenvalue weighted by Crippen LogP contribution is 2.37. The van der Waals surface area contributed by atoms with E-state index in [1.54, 1.807) is 29.6 Å². The number of morpholine rings is 2. The number of anilines is 2. The Morgan fingerprint density at radius 1 is 0.646 bits per heavy atom. The molecule has 4 fully saturated rings. The molecule has 18 nitrogen and oxygen atoms in total. The monoisotopic (exact) mass is 946 g/mol. The van der Waals surface area contributed by atoms with Crippen LogP contribution in [-0.2, 0) is 46.2 Å². The summed E-state index contributed by atoms with van der Waals surface area (Å²) in [5.41, 5.74) is 8.60. The van der Waals surface area contributed by atoms with Crippen molar-refractivity contribution in [3.8, 4) is 22.5 Å². The Kier molecular flexibility index (Phi) is 16.0. The van der Waals surface area contributed by atoms with Crippen molar-refractivity contribution in [1.29, 1.82) is 0 Å². The molecule has 0 saturated carbocycles. The maximum Gasteiger partial charge on any atom is 0.226 e. The van der Waals surface area contributed by atoms with Crippen molar-refractivity contribution in [2.45, 2.75) is 39.8 Å². The summed E-state index contributed by atoms with van der Waals surface area (Å²) in [4.78, 5) is 52.9. The quantitative estimate of drug-likeness (QED) is 0.191. The van der Waals surface area contributed by atoms with Crippen LogP contribution < -0.4 is 15.1 Å². The van der Waals surface area contributed by atoms with E-state index in [4.69, 9.17) is 41.0 Å². The Balaban J connectivity index is 0.000000162. The molecular weight excluding hydrogens is 888 g/mol. The second-order valence-electron chi connectivity index (χ2n) is 16.4. The fourth-order valence-electron chi connectivity index (χ4n) is 8.15. The zero-order chi connectivity index (χ0) is 45.3. The molecule has 6 aromatic heterocycles. The van der Waals surface area contributed by atoms with Crippen LogP contribution in [0.1, 0.15) is 37.8 Å². The molecule has 4 aliphatic heterocycles. The largest absolute Gasteiger partial charge is 0.378 e. The Bertz CT molecular complexity index is 2520. The van der Waals surface area contributed by atoms with Crippen molar-refractivity contribution in [3.05, 3.63) is 46.7 Å². The summed E-state index contributed by atoms with van der Waals surface area (Å²) in [6.45, 7) is 19.1. The predicted octanol–water partition coefficient (Wildman–Crippen LogP) is 4.48. The first-order valence-electron chi connectivity index (χ1n) is 22.5. The number of rotatable bonds is 10. The molecule has 10 heterocycles. The van der Waals surface area contributed by atoms with Crippen LogP contribution in [0.15, 0.2) is 35.5 Å². The molecule has 0 unspecified atom stereocenters. The van der Waals surface area contributed by atoms with Gasteiger partial charge in [-0.25, -0.2) is 19.9 Å². The number of thiophene rings is 2. The highest BCUT2D eigenvalue weighted by molar-refractivity contribution is 7.18. The van der Waals surface area contributed by atoms with Crippen LogP contribution in [0.3, 0.4) is 0 Å². The van der Waals surface area contributed by atoms with Crippen LogP contribution in [0.5, 0.6) is 0 Å². The summed E-state index contributed by atoms with van der Waals surface area (Å²) < 4.78 is 16.9. The van der Waals surface area contributed by atoms with Gasteiger partial charge in [0, 0.05) is 153 Å². The minimum Gasteiger partial charge on any atom is -0.378 e. The zero-order valence-corrected chi connectivity index (χ0v) is 40.1. The number of halogens is 1. The summed E-state index contributed by atoms with van der Waals surface area (Å²) in [6.07, 6.45) is 8.80. The Hall–Kier alpha value is -4.67. The van der Waals surface area contributed by atoms with Gasteiger partial charge in [-0.15, -0.1) is 22.7 Å². The molecule has 0 spiro atoms. The van der Waals surface area contributed by atoms with Gasteiger partial charge in [-0.05, 0) is 22.4 Å². The average Bonchev–Trinajstić information content (AvgIpc) is 4.17. The topological polar surface area (TPSA) is 168 Å². The third-order valence-corrected chi connectivity index (χ3v) is 14.1. The van der Waals surface area contributed by atoms with E-state index in [0.717, 1.165) is 160 Å². The number of hydrogen-bond acceptors (Lipinski definition) is 17. The molecule has 0 radical (unpaired) electrons. The third kappa shape index (κ3) is 11.7. The van der Waals surface area contributed by atoms with Gasteiger partial charge in [0.15, 0.2) is 0 Å². The van der Waals surface area contributed by atoms with Crippen molar-refractivity contribution < 1.29 is 19.1 Å². The number of hydrogen-bond donors (Lipinski definition) is 1. The molecule has 21 heteroatoms. The van der Waals surface area contributed by atoms with Crippen LogP contribution in [0.4, 0.5) is 11.9 Å². The lowest BCUT2D eigenvalue weighted by Crippen LogP contribution is -2.48. The van der Waals surface area contributed by atoms with E-state index in [9.17, 15) is 9.59 Å². The molecule has 0 bridgehead atoms. The Morgan fingerprint density at radius 3 is 1.49 bits per heavy atom. The van der Waals surface area contributed by atoms with Crippen LogP contribution >= 0.6 is 34.3 Å². The second kappa shape index (κ2) is 22.2. The smallest absolute Gasteiger partial charge is 0.226 e. The van der Waals surface area contributed by atoms with Gasteiger partial charge in [0.1, 0.15) is 0 Å². The minimum atomic E-state index is -0.273. The van der Waals surface area contributed by atoms with E-state index in [-0.39, 0.29) is 11.1 Å². The molecule has 348 valence electrons. The van der Waals surface area contributed by atoms with Gasteiger partial charge in [-0.3, -0.25) is 28.8 Å². The number of fused-ring (bicyclic) bond motifs is 2. The van der Waals surface area contributed by atoms with Crippen molar-refractivity contribution in [2.24, 2.45) is 14.1 Å². The molecule has 4 aliphatic rings. The lowest BCUT2D eigenvalue weighted by atomic mass is 10.2. The van der Waals surface area contributed by atoms with Crippen molar-refractivity contribution in [2.75, 3.05) is 115 Å². The molecule has 6 aromatic rings. The van der Waals surface area contributed by atoms with Crippen molar-refractivity contribution in [3.63, 3.8) is 0 Å². The van der Waals surface area contributed by atoms with E-state index in [0.29, 0.717) is 26.1 Å². The third-order valence-electron chi connectivity index (χ3n) is 11.8. The molecule has 0 atom stereocenters. The molecular formula is C44H59ClN14O4S2. The number of aryl methyl sites for hydroxylation is 2. The number of carbonyl (C=O) groups excluding carboxylic acids is 2. The first-order chi connectivity index (χ1) is 31.7. The summed E-state index contributed by atoms with van der Waals surface area (Å²) in [5.74, 6) is 1.81. The van der Waals surface area contributed by atoms with Crippen LogP contribution in [0.25, 0.3) is 42.9 Å². The Labute approximate surface area is 392 Å². The number of nitrogens with zero attached hydrogens (tertiary/aromatic N) is 13. The lowest BCUT2D eigenvalue weighted by molar-refractivity contribution is -0.132. The molecule has 4 saturated heterocycles. The van der Waals surface area contributed by atoms with Gasteiger partial charge < -0.3 is 29.5 Å². The summed E-state index contributed by atoms with van der Waals surface area (Å²) in [6, 6.07) is 0. The van der Waals surface area contributed by atoms with Crippen LogP contribution in [0.2, 0.25) is 0 Å². The zero-order valence-electron chi connectivity index (χ0n) is 37.7. The minimum absolute atomic E-state index is 0.245. The summed E-state index contributed by atoms with van der Waals surface area (Å²) in [5, 5.41) is 16.3. The average molecular weight is 948 g/mol. The molecule has 1 N–H and O–H groups in total. The number of piperazine rings is 2. The predicted molar refractivity (Wildman–Crippen MR) is 257 cm³/mol. The maximum atomic E-state index is 12.0. The molecule has 10 rings (SSSR count). The first kappa shape index (κ1) is 46.8. The van der Waals surface area contributed by atoms with Crippen molar-refractivity contribution >= 4 is 77.8 Å². The SMILES string of the molecule is CCC(=O)Cl.CCC(=O)N1CCN(Cc2csc3c(-c4cnn(C)c4)nc(N4CCOCC4)nc23)CC1.Cn1cc(-c2nc(N3CCOCC3)nc3c(CN4CCNCC4)csc23)cn1. The van der Waals surface area contributed by atoms with Crippen LogP contribution in [-0.4, -0.2) is 170 Å². The van der Waals surface area contributed by atoms with Crippen molar-refractivity contribution in [1.82, 2.24) is 59.5 Å². The van der Waals surface area contributed by atoms with E-state index in [2.05, 4.69) is 45.9 Å². The number of ether oxygens (including phenoxy) is 2. The summed E-state index contributed by atoms with van der Waals surface area (Å²) in [7, 11) is 3.86. The number of aromatic nitrogens is 8. The second-order valence-corrected chi connectivity index (χ2v) is 18.6. The number of nitrogens with one attached hydrogen (secondary N) is 1. The van der Waals surface area contributed by atoms with Gasteiger partial charge in [-0.2, -0.15) is 10.2 Å². The highest BCUT2D eigenvalue weighted by Gasteiger charge is 2.25. The summed E-state index contributed by atoms with van der Waals surface area (Å²) >= 11 is 8.27. The van der Waals surface area contributed by atoms with Crippen LogP contribution in [0, 0.1) is 0 Å². The molecule has 65 heavy (non-hydrogen) atoms. The fourth-order valence-corrected chi connectivity index (χ4v) is 10.2. The number of carbonyl (C=O) groups is 2. The highest BCUT2D eigenvalue weighted by atomic mass is 35.5. The van der Waals surface area contributed by atoms with E-state index < -0.39 is 0 Å².